The second kappa shape index (κ2) is 6.08. The normalized spacial score (nSPS) is 10.2. The minimum absolute atomic E-state index is 0.165. The molecule has 0 saturated carbocycles. The molecule has 0 aliphatic carbocycles. The highest BCUT2D eigenvalue weighted by Crippen LogP contribution is 2.12. The Morgan fingerprint density at radius 3 is 2.33 bits per heavy atom. The molecule has 1 aromatic carbocycles. The van der Waals surface area contributed by atoms with Crippen LogP contribution in [0.1, 0.15) is 16.1 Å². The van der Waals surface area contributed by atoms with Gasteiger partial charge in [-0.2, -0.15) is 0 Å². The number of benzene rings is 1. The van der Waals surface area contributed by atoms with Crippen molar-refractivity contribution in [3.63, 3.8) is 0 Å². The van der Waals surface area contributed by atoms with E-state index in [2.05, 4.69) is 10.3 Å². The number of anilines is 1. The molecule has 0 bridgehead atoms. The molecule has 0 fully saturated rings. The van der Waals surface area contributed by atoms with Crippen LogP contribution in [0, 0.1) is 11.6 Å². The molecule has 2 N–H and O–H groups in total. The number of pyridine rings is 1. The van der Waals surface area contributed by atoms with E-state index in [1.54, 1.807) is 0 Å². The van der Waals surface area contributed by atoms with E-state index in [1.807, 2.05) is 0 Å². The highest BCUT2D eigenvalue weighted by molar-refractivity contribution is 6.04. The van der Waals surface area contributed by atoms with Crippen LogP contribution in [0.25, 0.3) is 0 Å². The summed E-state index contributed by atoms with van der Waals surface area (Å²) in [4.78, 5) is 26.2. The first-order valence-corrected chi connectivity index (χ1v) is 5.88. The summed E-state index contributed by atoms with van der Waals surface area (Å²) in [6.45, 7) is 0. The van der Waals surface area contributed by atoms with E-state index < -0.39 is 23.5 Å². The van der Waals surface area contributed by atoms with Crippen molar-refractivity contribution in [2.75, 3.05) is 5.32 Å². The fraction of sp³-hybridized carbons (Fsp3) is 0.0714. The molecule has 0 aliphatic heterocycles. The molecule has 0 unspecified atom stereocenters. The molecule has 7 heteroatoms. The first-order valence-electron chi connectivity index (χ1n) is 5.88. The summed E-state index contributed by atoms with van der Waals surface area (Å²) in [5, 5.41) is 11.0. The van der Waals surface area contributed by atoms with Crippen molar-refractivity contribution >= 4 is 17.6 Å². The minimum Gasteiger partial charge on any atom is -0.481 e. The lowest BCUT2D eigenvalue weighted by Crippen LogP contribution is -2.13. The van der Waals surface area contributed by atoms with Crippen molar-refractivity contribution in [3.8, 4) is 0 Å². The number of carbonyl (C=O) groups excluding carboxylic acids is 1. The van der Waals surface area contributed by atoms with Crippen molar-refractivity contribution in [2.24, 2.45) is 0 Å². The Bertz CT molecular complexity index is 667. The Morgan fingerprint density at radius 1 is 1.14 bits per heavy atom. The lowest BCUT2D eigenvalue weighted by atomic mass is 10.2. The summed E-state index contributed by atoms with van der Waals surface area (Å²) < 4.78 is 26.0. The Labute approximate surface area is 118 Å². The van der Waals surface area contributed by atoms with Gasteiger partial charge in [-0.25, -0.2) is 8.78 Å². The number of hydrogen-bond acceptors (Lipinski definition) is 3. The van der Waals surface area contributed by atoms with E-state index >= 15 is 0 Å². The largest absolute Gasteiger partial charge is 0.481 e. The maximum absolute atomic E-state index is 13.0. The summed E-state index contributed by atoms with van der Waals surface area (Å²) in [5.74, 6) is -3.42. The number of nitrogens with one attached hydrogen (secondary N) is 1. The first-order chi connectivity index (χ1) is 9.94. The Kier molecular flexibility index (Phi) is 4.22. The molecule has 1 aromatic heterocycles. The van der Waals surface area contributed by atoms with Crippen molar-refractivity contribution in [2.45, 2.75) is 6.42 Å². The molecule has 0 saturated heterocycles. The molecule has 21 heavy (non-hydrogen) atoms. The number of nitrogens with zero attached hydrogens (tertiary/aromatic N) is 1. The van der Waals surface area contributed by atoms with E-state index in [0.717, 1.165) is 12.1 Å². The lowest BCUT2D eigenvalue weighted by Gasteiger charge is -2.06. The van der Waals surface area contributed by atoms with Gasteiger partial charge < -0.3 is 10.4 Å². The number of halogens is 2. The molecule has 1 heterocycles. The van der Waals surface area contributed by atoms with Crippen LogP contribution < -0.4 is 5.32 Å². The summed E-state index contributed by atoms with van der Waals surface area (Å²) >= 11 is 0. The summed E-state index contributed by atoms with van der Waals surface area (Å²) in [5.41, 5.74) is 0.457. The monoisotopic (exact) mass is 292 g/mol. The number of aliphatic carboxylic acids is 1. The van der Waals surface area contributed by atoms with Gasteiger partial charge in [0.2, 0.25) is 0 Å². The van der Waals surface area contributed by atoms with Crippen LogP contribution in [0.4, 0.5) is 14.5 Å². The van der Waals surface area contributed by atoms with E-state index in [-0.39, 0.29) is 12.0 Å². The van der Waals surface area contributed by atoms with Gasteiger partial charge >= 0.3 is 5.97 Å². The van der Waals surface area contributed by atoms with Gasteiger partial charge in [-0.15, -0.1) is 0 Å². The van der Waals surface area contributed by atoms with Gasteiger partial charge in [0, 0.05) is 11.6 Å². The summed E-state index contributed by atoms with van der Waals surface area (Å²) in [6, 6.07) is 5.38. The van der Waals surface area contributed by atoms with Crippen molar-refractivity contribution in [1.82, 2.24) is 4.98 Å². The number of carboxylic acid groups (broad SMARTS) is 1. The zero-order valence-corrected chi connectivity index (χ0v) is 10.6. The van der Waals surface area contributed by atoms with Crippen LogP contribution in [-0.4, -0.2) is 22.0 Å². The van der Waals surface area contributed by atoms with Crippen LogP contribution in [0.15, 0.2) is 36.5 Å². The third-order valence-corrected chi connectivity index (χ3v) is 2.54. The average Bonchev–Trinajstić information content (AvgIpc) is 2.39. The maximum atomic E-state index is 13.0. The molecule has 108 valence electrons. The molecule has 1 amide bonds. The van der Waals surface area contributed by atoms with Crippen LogP contribution in [-0.2, 0) is 11.2 Å². The van der Waals surface area contributed by atoms with E-state index in [1.165, 1.54) is 18.3 Å². The van der Waals surface area contributed by atoms with E-state index in [9.17, 15) is 18.4 Å². The molecule has 2 rings (SSSR count). The molecule has 0 aliphatic rings. The van der Waals surface area contributed by atoms with Crippen LogP contribution in [0.2, 0.25) is 0 Å². The maximum Gasteiger partial charge on any atom is 0.309 e. The lowest BCUT2D eigenvalue weighted by molar-refractivity contribution is -0.136. The predicted molar refractivity (Wildman–Crippen MR) is 69.9 cm³/mol. The van der Waals surface area contributed by atoms with Gasteiger partial charge in [-0.1, -0.05) is 0 Å². The zero-order chi connectivity index (χ0) is 15.4. The Balaban J connectivity index is 2.10. The quantitative estimate of drug-likeness (QED) is 0.905. The molecule has 5 nitrogen and oxygen atoms in total. The molecule has 2 aromatic rings. The Morgan fingerprint density at radius 2 is 1.81 bits per heavy atom. The fourth-order valence-electron chi connectivity index (χ4n) is 1.65. The first kappa shape index (κ1) is 14.6. The van der Waals surface area contributed by atoms with Crippen molar-refractivity contribution in [1.29, 1.82) is 0 Å². The number of carbonyl (C=O) groups is 2. The third kappa shape index (κ3) is 4.07. The van der Waals surface area contributed by atoms with Gasteiger partial charge in [0.05, 0.1) is 24.0 Å². The highest BCUT2D eigenvalue weighted by atomic mass is 19.1. The van der Waals surface area contributed by atoms with E-state index in [0.29, 0.717) is 17.4 Å². The molecular formula is C14H10F2N2O3. The van der Waals surface area contributed by atoms with Crippen LogP contribution >= 0.6 is 0 Å². The van der Waals surface area contributed by atoms with Crippen molar-refractivity contribution in [3.05, 3.63) is 59.4 Å². The zero-order valence-electron chi connectivity index (χ0n) is 10.6. The summed E-state index contributed by atoms with van der Waals surface area (Å²) in [7, 11) is 0. The average molecular weight is 292 g/mol. The van der Waals surface area contributed by atoms with Gasteiger partial charge in [-0.05, 0) is 24.3 Å². The van der Waals surface area contributed by atoms with Gasteiger partial charge in [0.1, 0.15) is 11.6 Å². The number of aromatic nitrogens is 1. The van der Waals surface area contributed by atoms with Gasteiger partial charge in [0.25, 0.3) is 5.91 Å². The summed E-state index contributed by atoms with van der Waals surface area (Å²) in [6.07, 6.45) is 1.04. The smallest absolute Gasteiger partial charge is 0.309 e. The number of hydrogen-bond donors (Lipinski definition) is 2. The number of amides is 1. The fourth-order valence-corrected chi connectivity index (χ4v) is 1.65. The highest BCUT2D eigenvalue weighted by Gasteiger charge is 2.10. The minimum atomic E-state index is -1.02. The van der Waals surface area contributed by atoms with Gasteiger partial charge in [-0.3, -0.25) is 14.6 Å². The second-order valence-corrected chi connectivity index (χ2v) is 4.22. The second-order valence-electron chi connectivity index (χ2n) is 4.22. The standard InChI is InChI=1S/C14H10F2N2O3/c15-9-3-8(4-10(16)5-9)14(21)18-12-2-1-11(17-7-12)6-13(19)20/h1-5,7H,6H2,(H,18,21)(H,19,20). The SMILES string of the molecule is O=C(O)Cc1ccc(NC(=O)c2cc(F)cc(F)c2)cn1. The van der Waals surface area contributed by atoms with Crippen LogP contribution in [0.3, 0.4) is 0 Å². The molecule has 0 radical (unpaired) electrons. The Hall–Kier alpha value is -2.83. The molecule has 0 atom stereocenters. The van der Waals surface area contributed by atoms with Crippen LogP contribution in [0.5, 0.6) is 0 Å². The topological polar surface area (TPSA) is 79.3 Å². The third-order valence-electron chi connectivity index (χ3n) is 2.54. The molecule has 0 spiro atoms. The van der Waals surface area contributed by atoms with Gasteiger partial charge in [0.15, 0.2) is 0 Å². The predicted octanol–water partition coefficient (Wildman–Crippen LogP) is 2.24. The van der Waals surface area contributed by atoms with Crippen molar-refractivity contribution < 1.29 is 23.5 Å². The van der Waals surface area contributed by atoms with E-state index in [4.69, 9.17) is 5.11 Å². The number of carboxylic acids is 1. The number of rotatable bonds is 4. The molecular weight excluding hydrogens is 282 g/mol.